The predicted molar refractivity (Wildman–Crippen MR) is 94.0 cm³/mol. The van der Waals surface area contributed by atoms with Gasteiger partial charge in [0.15, 0.2) is 0 Å². The van der Waals surface area contributed by atoms with Crippen LogP contribution in [0.2, 0.25) is 0 Å². The van der Waals surface area contributed by atoms with Crippen molar-refractivity contribution in [2.45, 2.75) is 13.5 Å². The van der Waals surface area contributed by atoms with E-state index in [1.54, 1.807) is 32.6 Å². The summed E-state index contributed by atoms with van der Waals surface area (Å²) in [4.78, 5) is 11.8. The molecule has 2 N–H and O–H groups in total. The lowest BCUT2D eigenvalue weighted by atomic mass is 10.1. The summed E-state index contributed by atoms with van der Waals surface area (Å²) in [5.74, 6) is 1.65. The summed E-state index contributed by atoms with van der Waals surface area (Å²) in [6, 6.07) is 11.1. The molecule has 1 amide bonds. The largest absolute Gasteiger partial charge is 0.497 e. The predicted octanol–water partition coefficient (Wildman–Crippen LogP) is 3.22. The van der Waals surface area contributed by atoms with Gasteiger partial charge in [-0.2, -0.15) is 0 Å². The van der Waals surface area contributed by atoms with Crippen molar-refractivity contribution in [3.63, 3.8) is 0 Å². The summed E-state index contributed by atoms with van der Waals surface area (Å²) in [5.41, 5.74) is 8.44. The number of nitrogens with zero attached hydrogens (tertiary/aromatic N) is 1. The molecule has 6 nitrogen and oxygen atoms in total. The second-order valence-electron chi connectivity index (χ2n) is 5.62. The van der Waals surface area contributed by atoms with Gasteiger partial charge in [0.25, 0.3) is 5.91 Å². The van der Waals surface area contributed by atoms with Gasteiger partial charge in [-0.05, 0) is 37.3 Å². The fourth-order valence-electron chi connectivity index (χ4n) is 2.89. The number of amides is 1. The third-order valence-electron chi connectivity index (χ3n) is 4.21. The van der Waals surface area contributed by atoms with E-state index >= 15 is 0 Å². The molecule has 2 heterocycles. The molecule has 0 aliphatic carbocycles. The molecule has 2 aromatic heterocycles. The van der Waals surface area contributed by atoms with Crippen LogP contribution in [0.5, 0.6) is 11.5 Å². The van der Waals surface area contributed by atoms with E-state index in [0.717, 1.165) is 22.7 Å². The highest BCUT2D eigenvalue weighted by molar-refractivity contribution is 5.96. The van der Waals surface area contributed by atoms with Crippen LogP contribution in [-0.2, 0) is 6.54 Å². The number of ether oxygens (including phenoxy) is 2. The van der Waals surface area contributed by atoms with E-state index in [9.17, 15) is 4.79 Å². The fraction of sp³-hybridized carbons (Fsp3) is 0.211. The number of benzene rings is 1. The minimum Gasteiger partial charge on any atom is -0.497 e. The number of rotatable bonds is 6. The summed E-state index contributed by atoms with van der Waals surface area (Å²) >= 11 is 0. The first-order chi connectivity index (χ1) is 12.0. The number of methoxy groups -OCH3 is 2. The molecule has 0 unspecified atom stereocenters. The Morgan fingerprint density at radius 1 is 1.20 bits per heavy atom. The lowest BCUT2D eigenvalue weighted by molar-refractivity contribution is 0.0999. The highest BCUT2D eigenvalue weighted by atomic mass is 16.5. The van der Waals surface area contributed by atoms with Gasteiger partial charge in [-0.25, -0.2) is 0 Å². The summed E-state index contributed by atoms with van der Waals surface area (Å²) < 4.78 is 18.2. The molecule has 0 spiro atoms. The van der Waals surface area contributed by atoms with Crippen LogP contribution in [0, 0.1) is 6.92 Å². The molecule has 0 fully saturated rings. The average Bonchev–Trinajstić information content (AvgIpc) is 3.23. The summed E-state index contributed by atoms with van der Waals surface area (Å²) in [5, 5.41) is 0. The Balaban J connectivity index is 2.18. The SMILES string of the molecule is COc1ccc(-c2cc(C(N)=O)c(C)n2Cc2ccco2)c(OC)c1. The minimum absolute atomic E-state index is 0.468. The fourth-order valence-corrected chi connectivity index (χ4v) is 2.89. The maximum Gasteiger partial charge on any atom is 0.250 e. The van der Waals surface area contributed by atoms with Crippen LogP contribution in [0.1, 0.15) is 21.8 Å². The molecule has 25 heavy (non-hydrogen) atoms. The van der Waals surface area contributed by atoms with Crippen molar-refractivity contribution >= 4 is 5.91 Å². The van der Waals surface area contributed by atoms with E-state index in [1.165, 1.54) is 0 Å². The molecule has 0 radical (unpaired) electrons. The smallest absolute Gasteiger partial charge is 0.250 e. The number of carbonyl (C=O) groups is 1. The van der Waals surface area contributed by atoms with Crippen molar-refractivity contribution < 1.29 is 18.7 Å². The van der Waals surface area contributed by atoms with Crippen LogP contribution in [0.4, 0.5) is 0 Å². The molecule has 6 heteroatoms. The number of hydrogen-bond acceptors (Lipinski definition) is 4. The molecule has 130 valence electrons. The maximum atomic E-state index is 11.8. The quantitative estimate of drug-likeness (QED) is 0.747. The molecule has 0 aliphatic heterocycles. The van der Waals surface area contributed by atoms with Crippen LogP contribution in [-0.4, -0.2) is 24.7 Å². The normalized spacial score (nSPS) is 10.7. The van der Waals surface area contributed by atoms with Gasteiger partial charge in [-0.15, -0.1) is 0 Å². The highest BCUT2D eigenvalue weighted by Gasteiger charge is 2.20. The lowest BCUT2D eigenvalue weighted by Crippen LogP contribution is -2.12. The number of aromatic nitrogens is 1. The summed E-state index contributed by atoms with van der Waals surface area (Å²) in [7, 11) is 3.20. The number of carbonyl (C=O) groups excluding carboxylic acids is 1. The van der Waals surface area contributed by atoms with Crippen molar-refractivity contribution in [1.29, 1.82) is 0 Å². The average molecular weight is 340 g/mol. The van der Waals surface area contributed by atoms with Crippen LogP contribution >= 0.6 is 0 Å². The Kier molecular flexibility index (Phi) is 4.52. The zero-order valence-electron chi connectivity index (χ0n) is 14.4. The molecule has 0 saturated carbocycles. The van der Waals surface area contributed by atoms with Gasteiger partial charge in [0.2, 0.25) is 0 Å². The van der Waals surface area contributed by atoms with Crippen molar-refractivity contribution in [1.82, 2.24) is 4.57 Å². The summed E-state index contributed by atoms with van der Waals surface area (Å²) in [6.45, 7) is 2.35. The standard InChI is InChI=1S/C19H20N2O4/c1-12-16(19(20)22)10-17(21(12)11-14-5-4-8-25-14)15-7-6-13(23-2)9-18(15)24-3/h4-10H,11H2,1-3H3,(H2,20,22). The van der Waals surface area contributed by atoms with Crippen molar-refractivity contribution in [3.8, 4) is 22.8 Å². The van der Waals surface area contributed by atoms with E-state index in [0.29, 0.717) is 23.6 Å². The van der Waals surface area contributed by atoms with Gasteiger partial charge in [-0.1, -0.05) is 0 Å². The Morgan fingerprint density at radius 2 is 2.00 bits per heavy atom. The Hall–Kier alpha value is -3.15. The number of furan rings is 1. The van der Waals surface area contributed by atoms with Gasteiger partial charge >= 0.3 is 0 Å². The first-order valence-electron chi connectivity index (χ1n) is 7.80. The number of hydrogen-bond donors (Lipinski definition) is 1. The zero-order chi connectivity index (χ0) is 18.0. The zero-order valence-corrected chi connectivity index (χ0v) is 14.4. The van der Waals surface area contributed by atoms with Gasteiger partial charge in [0.05, 0.1) is 38.3 Å². The van der Waals surface area contributed by atoms with Crippen molar-refractivity contribution in [2.75, 3.05) is 14.2 Å². The monoisotopic (exact) mass is 340 g/mol. The van der Waals surface area contributed by atoms with Gasteiger partial charge < -0.3 is 24.2 Å². The molecule has 0 saturated heterocycles. The van der Waals surface area contributed by atoms with Gasteiger partial charge in [0, 0.05) is 17.3 Å². The third kappa shape index (κ3) is 3.10. The topological polar surface area (TPSA) is 79.6 Å². The molecule has 0 aliphatic rings. The Morgan fingerprint density at radius 3 is 2.60 bits per heavy atom. The molecule has 0 atom stereocenters. The molecular weight excluding hydrogens is 320 g/mol. The van der Waals surface area contributed by atoms with E-state index < -0.39 is 5.91 Å². The second-order valence-corrected chi connectivity index (χ2v) is 5.62. The third-order valence-corrected chi connectivity index (χ3v) is 4.21. The Bertz CT molecular complexity index is 895. The van der Waals surface area contributed by atoms with E-state index in [1.807, 2.05) is 35.8 Å². The van der Waals surface area contributed by atoms with E-state index in [-0.39, 0.29) is 0 Å². The van der Waals surface area contributed by atoms with E-state index in [2.05, 4.69) is 0 Å². The van der Waals surface area contributed by atoms with Gasteiger partial charge in [-0.3, -0.25) is 4.79 Å². The van der Waals surface area contributed by atoms with Crippen LogP contribution in [0.3, 0.4) is 0 Å². The lowest BCUT2D eigenvalue weighted by Gasteiger charge is -2.14. The molecular formula is C19H20N2O4. The summed E-state index contributed by atoms with van der Waals surface area (Å²) in [6.07, 6.45) is 1.62. The first kappa shape index (κ1) is 16.7. The van der Waals surface area contributed by atoms with Crippen LogP contribution in [0.15, 0.2) is 47.1 Å². The molecule has 3 aromatic rings. The van der Waals surface area contributed by atoms with Crippen molar-refractivity contribution in [3.05, 3.63) is 59.7 Å². The highest BCUT2D eigenvalue weighted by Crippen LogP contribution is 2.36. The van der Waals surface area contributed by atoms with Crippen molar-refractivity contribution in [2.24, 2.45) is 5.73 Å². The van der Waals surface area contributed by atoms with Crippen LogP contribution < -0.4 is 15.2 Å². The number of nitrogens with two attached hydrogens (primary N) is 1. The van der Waals surface area contributed by atoms with Crippen LogP contribution in [0.25, 0.3) is 11.3 Å². The second kappa shape index (κ2) is 6.76. The van der Waals surface area contributed by atoms with E-state index in [4.69, 9.17) is 19.6 Å². The maximum absolute atomic E-state index is 11.8. The first-order valence-corrected chi connectivity index (χ1v) is 7.80. The molecule has 3 rings (SSSR count). The Labute approximate surface area is 145 Å². The number of primary amides is 1. The van der Waals surface area contributed by atoms with Gasteiger partial charge in [0.1, 0.15) is 17.3 Å². The molecule has 0 bridgehead atoms. The minimum atomic E-state index is -0.468. The molecule has 1 aromatic carbocycles.